The average molecular weight is 325 g/mol. The molecular weight excluding hydrogens is 304 g/mol. The summed E-state index contributed by atoms with van der Waals surface area (Å²) in [5.74, 6) is -0.0241. The highest BCUT2D eigenvalue weighted by molar-refractivity contribution is 6.30. The maximum Gasteiger partial charge on any atom is 0.345 e. The molecule has 0 fully saturated rings. The van der Waals surface area contributed by atoms with E-state index < -0.39 is 11.4 Å². The maximum atomic E-state index is 12.0. The Morgan fingerprint density at radius 1 is 1.32 bits per heavy atom. The lowest BCUT2D eigenvalue weighted by atomic mass is 9.87. The molecule has 0 aliphatic rings. The number of ketones is 1. The quantitative estimate of drug-likeness (QED) is 0.772. The van der Waals surface area contributed by atoms with Crippen LogP contribution in [-0.4, -0.2) is 31.2 Å². The minimum Gasteiger partial charge on any atom is -0.381 e. The number of hydrogen-bond donors (Lipinski definition) is 1. The van der Waals surface area contributed by atoms with Crippen LogP contribution in [0.15, 0.2) is 29.3 Å². The van der Waals surface area contributed by atoms with Crippen molar-refractivity contribution >= 4 is 35.3 Å². The van der Waals surface area contributed by atoms with Gasteiger partial charge in [-0.3, -0.25) is 4.79 Å². The van der Waals surface area contributed by atoms with Crippen LogP contribution < -0.4 is 5.32 Å². The topological polar surface area (TPSA) is 67.8 Å². The molecule has 0 aliphatic heterocycles. The van der Waals surface area contributed by atoms with E-state index >= 15 is 0 Å². The number of urea groups is 1. The minimum absolute atomic E-state index is 0.0241. The van der Waals surface area contributed by atoms with Gasteiger partial charge in [0.25, 0.3) is 0 Å². The number of anilines is 1. The first kappa shape index (κ1) is 18.3. The predicted molar refractivity (Wildman–Crippen MR) is 88.9 cm³/mol. The number of ether oxygens (including phenoxy) is 1. The molecule has 0 atom stereocenters. The first-order valence-corrected chi connectivity index (χ1v) is 7.43. The molecular formula is C16H21ClN2O3. The van der Waals surface area contributed by atoms with Gasteiger partial charge < -0.3 is 10.1 Å². The van der Waals surface area contributed by atoms with Crippen LogP contribution in [0, 0.1) is 5.41 Å². The number of benzene rings is 1. The summed E-state index contributed by atoms with van der Waals surface area (Å²) >= 11 is 5.76. The largest absolute Gasteiger partial charge is 0.381 e. The van der Waals surface area contributed by atoms with Crippen LogP contribution in [-0.2, 0) is 9.53 Å². The van der Waals surface area contributed by atoms with Crippen LogP contribution in [0.3, 0.4) is 0 Å². The molecule has 120 valence electrons. The number of Topliss-reactive ketones (excluding diaryl/α,β-unsaturated/α-hetero) is 1. The second-order valence-corrected chi connectivity index (χ2v) is 5.83. The van der Waals surface area contributed by atoms with Crippen molar-refractivity contribution < 1.29 is 14.3 Å². The van der Waals surface area contributed by atoms with Crippen LogP contribution in [0.1, 0.15) is 27.2 Å². The molecule has 0 radical (unpaired) electrons. The smallest absolute Gasteiger partial charge is 0.345 e. The summed E-state index contributed by atoms with van der Waals surface area (Å²) in [4.78, 5) is 27.4. The first-order chi connectivity index (χ1) is 10.3. The SMILES string of the molecule is CCOCC(C)(C)C(=O)C/C=N\C(=O)Nc1ccc(Cl)cc1. The van der Waals surface area contributed by atoms with Gasteiger partial charge in [0.15, 0.2) is 0 Å². The van der Waals surface area contributed by atoms with Crippen LogP contribution in [0.25, 0.3) is 0 Å². The molecule has 0 aromatic heterocycles. The Labute approximate surface area is 135 Å². The molecule has 1 rings (SSSR count). The number of nitrogens with one attached hydrogen (secondary N) is 1. The third-order valence-electron chi connectivity index (χ3n) is 3.00. The van der Waals surface area contributed by atoms with Crippen molar-refractivity contribution in [1.82, 2.24) is 0 Å². The molecule has 0 aliphatic carbocycles. The highest BCUT2D eigenvalue weighted by atomic mass is 35.5. The molecule has 0 saturated carbocycles. The third-order valence-corrected chi connectivity index (χ3v) is 3.25. The average Bonchev–Trinajstić information content (AvgIpc) is 2.47. The monoisotopic (exact) mass is 324 g/mol. The number of carbonyl (C=O) groups excluding carboxylic acids is 2. The number of amides is 2. The molecule has 1 N–H and O–H groups in total. The number of carbonyl (C=O) groups is 2. The van der Waals surface area contributed by atoms with E-state index in [1.807, 2.05) is 20.8 Å². The van der Waals surface area contributed by atoms with Gasteiger partial charge in [0, 0.05) is 35.4 Å². The van der Waals surface area contributed by atoms with Crippen molar-refractivity contribution in [3.63, 3.8) is 0 Å². The summed E-state index contributed by atoms with van der Waals surface area (Å²) in [5, 5.41) is 3.17. The van der Waals surface area contributed by atoms with E-state index in [-0.39, 0.29) is 12.2 Å². The van der Waals surface area contributed by atoms with Gasteiger partial charge in [0.2, 0.25) is 0 Å². The number of hydrogen-bond acceptors (Lipinski definition) is 3. The van der Waals surface area contributed by atoms with Gasteiger partial charge in [-0.15, -0.1) is 0 Å². The van der Waals surface area contributed by atoms with Crippen molar-refractivity contribution in [2.75, 3.05) is 18.5 Å². The summed E-state index contributed by atoms with van der Waals surface area (Å²) in [6.45, 7) is 6.42. The zero-order chi connectivity index (χ0) is 16.6. The van der Waals surface area contributed by atoms with Crippen LogP contribution in [0.4, 0.5) is 10.5 Å². The van der Waals surface area contributed by atoms with E-state index in [1.165, 1.54) is 6.21 Å². The highest BCUT2D eigenvalue weighted by Gasteiger charge is 2.26. The lowest BCUT2D eigenvalue weighted by Crippen LogP contribution is -2.30. The summed E-state index contributed by atoms with van der Waals surface area (Å²) in [7, 11) is 0. The Balaban J connectivity index is 2.46. The molecule has 1 aromatic carbocycles. The van der Waals surface area contributed by atoms with Crippen molar-refractivity contribution in [2.24, 2.45) is 10.4 Å². The van der Waals surface area contributed by atoms with Gasteiger partial charge in [-0.1, -0.05) is 25.4 Å². The van der Waals surface area contributed by atoms with Crippen molar-refractivity contribution in [1.29, 1.82) is 0 Å². The second-order valence-electron chi connectivity index (χ2n) is 5.40. The Kier molecular flexibility index (Phi) is 7.21. The Hall–Kier alpha value is -1.72. The molecule has 0 unspecified atom stereocenters. The van der Waals surface area contributed by atoms with Gasteiger partial charge in [-0.2, -0.15) is 0 Å². The van der Waals surface area contributed by atoms with Crippen LogP contribution in [0.5, 0.6) is 0 Å². The van der Waals surface area contributed by atoms with E-state index in [4.69, 9.17) is 16.3 Å². The fourth-order valence-corrected chi connectivity index (χ4v) is 1.74. The standard InChI is InChI=1S/C16H21ClN2O3/c1-4-22-11-16(2,3)14(20)9-10-18-15(21)19-13-7-5-12(17)6-8-13/h5-8,10H,4,9,11H2,1-3H3,(H,19,21)/b18-10-. The predicted octanol–water partition coefficient (Wildman–Crippen LogP) is 3.96. The second kappa shape index (κ2) is 8.66. The molecule has 0 bridgehead atoms. The summed E-state index contributed by atoms with van der Waals surface area (Å²) in [6.07, 6.45) is 1.41. The Bertz CT molecular complexity index is 539. The number of aliphatic imine (C=N–C) groups is 1. The van der Waals surface area contributed by atoms with E-state index in [0.717, 1.165) is 0 Å². The third kappa shape index (κ3) is 6.37. The summed E-state index contributed by atoms with van der Waals surface area (Å²) in [6, 6.07) is 6.15. The van der Waals surface area contributed by atoms with Gasteiger partial charge in [0.05, 0.1) is 6.61 Å². The molecule has 22 heavy (non-hydrogen) atoms. The lowest BCUT2D eigenvalue weighted by Gasteiger charge is -2.21. The molecule has 0 heterocycles. The van der Waals surface area contributed by atoms with Gasteiger partial charge in [0.1, 0.15) is 5.78 Å². The number of rotatable bonds is 7. The Morgan fingerprint density at radius 3 is 2.55 bits per heavy atom. The van der Waals surface area contributed by atoms with Crippen molar-refractivity contribution in [3.05, 3.63) is 29.3 Å². The van der Waals surface area contributed by atoms with Crippen molar-refractivity contribution in [2.45, 2.75) is 27.2 Å². The summed E-state index contributed by atoms with van der Waals surface area (Å²) in [5.41, 5.74) is 0.00357. The maximum absolute atomic E-state index is 12.0. The molecule has 0 spiro atoms. The van der Waals surface area contributed by atoms with Crippen LogP contribution >= 0.6 is 11.6 Å². The normalized spacial score (nSPS) is 11.6. The highest BCUT2D eigenvalue weighted by Crippen LogP contribution is 2.18. The van der Waals surface area contributed by atoms with Crippen molar-refractivity contribution in [3.8, 4) is 0 Å². The Morgan fingerprint density at radius 2 is 1.95 bits per heavy atom. The minimum atomic E-state index is -0.589. The van der Waals surface area contributed by atoms with E-state index in [9.17, 15) is 9.59 Å². The molecule has 6 heteroatoms. The fourth-order valence-electron chi connectivity index (χ4n) is 1.61. The number of halogens is 1. The number of nitrogens with zero attached hydrogens (tertiary/aromatic N) is 1. The zero-order valence-electron chi connectivity index (χ0n) is 13.1. The van der Waals surface area contributed by atoms with Gasteiger partial charge in [-0.05, 0) is 31.2 Å². The molecule has 5 nitrogen and oxygen atoms in total. The first-order valence-electron chi connectivity index (χ1n) is 7.05. The van der Waals surface area contributed by atoms with Gasteiger partial charge >= 0.3 is 6.03 Å². The van der Waals surface area contributed by atoms with Crippen LogP contribution in [0.2, 0.25) is 5.02 Å². The zero-order valence-corrected chi connectivity index (χ0v) is 13.8. The molecule has 2 amide bonds. The van der Waals surface area contributed by atoms with E-state index in [0.29, 0.717) is 23.9 Å². The van der Waals surface area contributed by atoms with E-state index in [2.05, 4.69) is 10.3 Å². The molecule has 1 aromatic rings. The van der Waals surface area contributed by atoms with E-state index in [1.54, 1.807) is 24.3 Å². The summed E-state index contributed by atoms with van der Waals surface area (Å²) < 4.78 is 5.28. The molecule has 0 saturated heterocycles. The lowest BCUT2D eigenvalue weighted by molar-refractivity contribution is -0.128. The fraction of sp³-hybridized carbons (Fsp3) is 0.438. The van der Waals surface area contributed by atoms with Gasteiger partial charge in [-0.25, -0.2) is 9.79 Å².